The van der Waals surface area contributed by atoms with E-state index in [-0.39, 0.29) is 53.6 Å². The van der Waals surface area contributed by atoms with E-state index in [1.54, 1.807) is 0 Å². The summed E-state index contributed by atoms with van der Waals surface area (Å²) in [6.45, 7) is 46.2. The van der Waals surface area contributed by atoms with Gasteiger partial charge in [-0.3, -0.25) is 0 Å². The Morgan fingerprint density at radius 2 is 0.932 bits per heavy atom. The molecule has 0 fully saturated rings. The fraction of sp³-hybridized carbons (Fsp3) is 0.382. The minimum absolute atomic E-state index is 0. The minimum Gasteiger partial charge on any atom is -0.493 e. The van der Waals surface area contributed by atoms with Crippen LogP contribution in [0.25, 0.3) is 27.6 Å². The molecule has 8 aromatic rings. The maximum Gasteiger partial charge on any atom is 0.135 e. The van der Waals surface area contributed by atoms with Crippen LogP contribution in [0, 0.1) is 18.8 Å². The molecule has 0 saturated carbocycles. The number of nitrogens with zero attached hydrogens (tertiary/aromatic N) is 4. The molecule has 0 radical (unpaired) electrons. The summed E-state index contributed by atoms with van der Waals surface area (Å²) in [5, 5.41) is 2.38. The molecule has 73 heavy (non-hydrogen) atoms. The monoisotopic (exact) mass is 1150 g/mol. The number of para-hydroxylation sites is 2. The average molecular weight is 1150 g/mol. The molecule has 0 saturated heterocycles. The van der Waals surface area contributed by atoms with Crippen molar-refractivity contribution in [3.05, 3.63) is 196 Å². The van der Waals surface area contributed by atoms with Gasteiger partial charge in [0.2, 0.25) is 0 Å². The van der Waals surface area contributed by atoms with Gasteiger partial charge in [0.15, 0.2) is 0 Å². The molecule has 0 amide bonds. The molecule has 0 aliphatic carbocycles. The summed E-state index contributed by atoms with van der Waals surface area (Å²) in [5.74, 6) is 0.891. The normalized spacial score (nSPS) is 14.0. The predicted molar refractivity (Wildman–Crippen MR) is 308 cm³/mol. The largest absolute Gasteiger partial charge is 0.493 e. The first-order valence-corrected chi connectivity index (χ1v) is 26.2. The summed E-state index contributed by atoms with van der Waals surface area (Å²) >= 11 is 0. The van der Waals surface area contributed by atoms with Gasteiger partial charge in [0.25, 0.3) is 0 Å². The van der Waals surface area contributed by atoms with Crippen LogP contribution in [0.2, 0.25) is 0 Å². The summed E-state index contributed by atoms with van der Waals surface area (Å²) in [6, 6.07) is 53.8. The van der Waals surface area contributed by atoms with Crippen molar-refractivity contribution in [3.8, 4) is 5.82 Å². The van der Waals surface area contributed by atoms with Crippen LogP contribution in [0.1, 0.15) is 182 Å². The maximum absolute atomic E-state index is 5.18. The summed E-state index contributed by atoms with van der Waals surface area (Å²) in [5.41, 5.74) is 17.2. The van der Waals surface area contributed by atoms with Crippen LogP contribution < -0.4 is 9.80 Å². The Hall–Kier alpha value is -5.44. The van der Waals surface area contributed by atoms with Crippen LogP contribution in [-0.4, -0.2) is 9.55 Å². The Morgan fingerprint density at radius 1 is 0.411 bits per heavy atom. The van der Waals surface area contributed by atoms with Crippen molar-refractivity contribution in [2.24, 2.45) is 0 Å². The third-order valence-corrected chi connectivity index (χ3v) is 15.6. The topological polar surface area (TPSA) is 24.3 Å². The number of anilines is 4. The molecule has 6 aromatic carbocycles. The van der Waals surface area contributed by atoms with Crippen molar-refractivity contribution in [2.75, 3.05) is 9.80 Å². The third-order valence-electron chi connectivity index (χ3n) is 15.6. The quantitative estimate of drug-likeness (QED) is 0.149. The maximum atomic E-state index is 5.18. The number of rotatable bonds is 7. The van der Waals surface area contributed by atoms with Crippen LogP contribution >= 0.6 is 0 Å². The van der Waals surface area contributed by atoms with Gasteiger partial charge in [0.1, 0.15) is 5.82 Å². The van der Waals surface area contributed by atoms with Crippen molar-refractivity contribution in [2.45, 2.75) is 169 Å². The molecule has 3 heterocycles. The summed E-state index contributed by atoms with van der Waals surface area (Å²) < 4.78 is 2.35. The molecule has 0 spiro atoms. The zero-order chi connectivity index (χ0) is 52.3. The Balaban J connectivity index is 0.00000711. The number of pyridine rings is 1. The molecule has 2 aromatic heterocycles. The number of hydrogen-bond acceptors (Lipinski definition) is 3. The van der Waals surface area contributed by atoms with E-state index in [0.29, 0.717) is 0 Å². The standard InChI is InChI=1S/C68H79N4.Pt/c1-62(2,3)44-28-30-57-56(40-44)55-29-27-46(41-60(55)72(57)61-42-47(31-32-69-61)68(18,19)52-35-48(63(4,5)6)33-49(36-52)64(7,8)9)67(16,17)45-23-22-24-53(37-45)70-43-71(59-26-21-20-25-58(59)70)54-38-50(65(10,11)12)34-51(39-54)66(13,14)15;/h20-36,38-40,42-43H,1-19H3;/q-3;. The van der Waals surface area contributed by atoms with Gasteiger partial charge in [0, 0.05) is 55.3 Å². The van der Waals surface area contributed by atoms with Crippen LogP contribution in [0.15, 0.2) is 128 Å². The summed E-state index contributed by atoms with van der Waals surface area (Å²) in [7, 11) is 0. The zero-order valence-corrected chi connectivity index (χ0v) is 49.6. The second kappa shape index (κ2) is 18.4. The second-order valence-electron chi connectivity index (χ2n) is 27.0. The van der Waals surface area contributed by atoms with Gasteiger partial charge in [0.05, 0.1) is 0 Å². The van der Waals surface area contributed by atoms with Gasteiger partial charge in [-0.15, -0.1) is 17.7 Å². The molecular weight excluding hydrogens is 1070 g/mol. The molecule has 0 atom stereocenters. The predicted octanol–water partition coefficient (Wildman–Crippen LogP) is 18.3. The first-order chi connectivity index (χ1) is 33.3. The van der Waals surface area contributed by atoms with Gasteiger partial charge in [-0.1, -0.05) is 186 Å². The number of fused-ring (bicyclic) bond motifs is 4. The molecule has 5 heteroatoms. The van der Waals surface area contributed by atoms with E-state index in [1.165, 1.54) is 55.4 Å². The molecule has 1 aliphatic heterocycles. The minimum atomic E-state index is -0.455. The summed E-state index contributed by atoms with van der Waals surface area (Å²) in [4.78, 5) is 9.84. The van der Waals surface area contributed by atoms with Crippen LogP contribution in [0.4, 0.5) is 22.7 Å². The SMILES string of the molecule is CC(C)(C)c1cc(N2[CH-]N(c3[c-]c(C(C)(C)c4[c-]c5c(cc4)c4cc(C(C)(C)C)ccc4n5-c4cc(C(C)(C)c5cc(C(C)(C)C)cc(C(C)(C)C)c5)ccn4)ccc3)c3ccccc32)cc(C(C)(C)C)c1.[Pt]. The second-order valence-corrected chi connectivity index (χ2v) is 27.0. The zero-order valence-electron chi connectivity index (χ0n) is 47.3. The first kappa shape index (κ1) is 53.8. The number of benzene rings is 6. The van der Waals surface area contributed by atoms with E-state index >= 15 is 0 Å². The van der Waals surface area contributed by atoms with Gasteiger partial charge in [-0.05, 0) is 119 Å². The van der Waals surface area contributed by atoms with Crippen molar-refractivity contribution >= 4 is 44.6 Å². The molecular formula is C68H79N4Pt-3. The van der Waals surface area contributed by atoms with Crippen LogP contribution in [0.5, 0.6) is 0 Å². The molecule has 384 valence electrons. The molecule has 0 bridgehead atoms. The van der Waals surface area contributed by atoms with Crippen molar-refractivity contribution < 1.29 is 21.1 Å². The first-order valence-electron chi connectivity index (χ1n) is 26.2. The van der Waals surface area contributed by atoms with E-state index in [2.05, 4.69) is 286 Å². The molecule has 0 unspecified atom stereocenters. The number of aromatic nitrogens is 2. The molecule has 1 aliphatic rings. The Labute approximate surface area is 453 Å². The van der Waals surface area contributed by atoms with Gasteiger partial charge < -0.3 is 14.4 Å². The Kier molecular flexibility index (Phi) is 13.6. The van der Waals surface area contributed by atoms with Gasteiger partial charge >= 0.3 is 0 Å². The smallest absolute Gasteiger partial charge is 0.135 e. The Morgan fingerprint density at radius 3 is 1.49 bits per heavy atom. The van der Waals surface area contributed by atoms with Gasteiger partial charge in [-0.2, -0.15) is 53.6 Å². The molecule has 9 rings (SSSR count). The fourth-order valence-corrected chi connectivity index (χ4v) is 10.2. The molecule has 0 N–H and O–H groups in total. The Bertz CT molecular complexity index is 3300. The van der Waals surface area contributed by atoms with E-state index in [4.69, 9.17) is 4.98 Å². The van der Waals surface area contributed by atoms with Crippen LogP contribution in [0.3, 0.4) is 0 Å². The van der Waals surface area contributed by atoms with E-state index in [0.717, 1.165) is 45.0 Å². The summed E-state index contributed by atoms with van der Waals surface area (Å²) in [6.07, 6.45) is 2.00. The van der Waals surface area contributed by atoms with Crippen molar-refractivity contribution in [3.63, 3.8) is 0 Å². The number of hydrogen-bond donors (Lipinski definition) is 0. The van der Waals surface area contributed by atoms with Gasteiger partial charge in [-0.25, -0.2) is 4.98 Å². The third kappa shape index (κ3) is 10.1. The van der Waals surface area contributed by atoms with E-state index in [9.17, 15) is 0 Å². The molecule has 4 nitrogen and oxygen atoms in total. The van der Waals surface area contributed by atoms with Crippen LogP contribution in [-0.2, 0) is 59.0 Å². The average Bonchev–Trinajstić information content (AvgIpc) is 3.86. The van der Waals surface area contributed by atoms with E-state index < -0.39 is 5.41 Å². The van der Waals surface area contributed by atoms with Crippen molar-refractivity contribution in [1.82, 2.24) is 9.55 Å². The van der Waals surface area contributed by atoms with E-state index in [1.807, 2.05) is 6.20 Å². The fourth-order valence-electron chi connectivity index (χ4n) is 10.2. The van der Waals surface area contributed by atoms with Crippen molar-refractivity contribution in [1.29, 1.82) is 0 Å².